The van der Waals surface area contributed by atoms with Crippen molar-refractivity contribution in [3.05, 3.63) is 0 Å². The summed E-state index contributed by atoms with van der Waals surface area (Å²) in [6, 6.07) is 0. The Morgan fingerprint density at radius 1 is 0.444 bits per heavy atom. The van der Waals surface area contributed by atoms with E-state index < -0.39 is 0 Å². The summed E-state index contributed by atoms with van der Waals surface area (Å²) >= 11 is 0. The van der Waals surface area contributed by atoms with Crippen LogP contribution < -0.4 is 49.4 Å². The van der Waals surface area contributed by atoms with E-state index in [0.29, 0.717) is 0 Å². The summed E-state index contributed by atoms with van der Waals surface area (Å²) in [4.78, 5) is 0. The molecule has 0 aromatic rings. The summed E-state index contributed by atoms with van der Waals surface area (Å²) in [5.74, 6) is 0. The Morgan fingerprint density at radius 3 is 0.444 bits per heavy atom. The van der Waals surface area contributed by atoms with Crippen LogP contribution in [0.3, 0.4) is 0 Å². The van der Waals surface area contributed by atoms with Crippen molar-refractivity contribution in [1.82, 2.24) is 24.6 Å². The first-order valence-electron chi connectivity index (χ1n) is 0. The van der Waals surface area contributed by atoms with Crippen LogP contribution in [-0.2, 0) is 30.7 Å². The summed E-state index contributed by atoms with van der Waals surface area (Å²) < 4.78 is 0. The first kappa shape index (κ1) is 843. The third-order valence-electron chi connectivity index (χ3n) is 0. The molecule has 9 heavy (non-hydrogen) atoms. The Morgan fingerprint density at radius 2 is 0.444 bits per heavy atom. The molecule has 0 spiro atoms. The summed E-state index contributed by atoms with van der Waals surface area (Å²) in [5.41, 5.74) is 0. The molecule has 9 heteroatoms. The van der Waals surface area contributed by atoms with E-state index >= 15 is 0 Å². The van der Waals surface area contributed by atoms with Crippen molar-refractivity contribution in [3.63, 3.8) is 0 Å². The summed E-state index contributed by atoms with van der Waals surface area (Å²) in [6.45, 7) is 0. The standard InChI is InChI=1S/2ClH.4H3N.2O.Os/h2*1H;4*1H3;;;/q;;;;;;2*-2;+6/p-2. The van der Waals surface area contributed by atoms with Crippen molar-refractivity contribution in [2.45, 2.75) is 0 Å². The third-order valence-corrected chi connectivity index (χ3v) is 0. The van der Waals surface area contributed by atoms with Gasteiger partial charge >= 0.3 is 19.8 Å². The molecule has 0 fully saturated rings. The first-order chi connectivity index (χ1) is 0. The van der Waals surface area contributed by atoms with E-state index in [2.05, 4.69) is 0 Å². The first-order valence-corrected chi connectivity index (χ1v) is 0. The van der Waals surface area contributed by atoms with Gasteiger partial charge in [-0.15, -0.1) is 0 Å². The number of rotatable bonds is 0. The van der Waals surface area contributed by atoms with Gasteiger partial charge in [0.05, 0.1) is 0 Å². The van der Waals surface area contributed by atoms with Crippen LogP contribution in [-0.4, -0.2) is 0 Å². The number of halogens is 2. The van der Waals surface area contributed by atoms with Crippen LogP contribution in [0.4, 0.5) is 0 Å². The maximum Gasteiger partial charge on any atom is 6.00 e. The van der Waals surface area contributed by atoms with E-state index in [0.717, 1.165) is 0 Å². The molecule has 0 aliphatic rings. The van der Waals surface area contributed by atoms with E-state index in [-0.39, 0.29) is 80.2 Å². The fourth-order valence-corrected chi connectivity index (χ4v) is 0. The van der Waals surface area contributed by atoms with E-state index in [4.69, 9.17) is 0 Å². The molecule has 0 heterocycles. The zero-order valence-electron chi connectivity index (χ0n) is 4.75. The molecule has 0 aliphatic carbocycles. The van der Waals surface area contributed by atoms with E-state index in [1.54, 1.807) is 0 Å². The quantitative estimate of drug-likeness (QED) is 0.334. The molecular weight excluding hydrogens is 349 g/mol. The second-order valence-electron chi connectivity index (χ2n) is 0. The molecule has 0 aromatic carbocycles. The van der Waals surface area contributed by atoms with Crippen LogP contribution in [0, 0.1) is 0 Å². The Kier molecular flexibility index (Phi) is 56100. The van der Waals surface area contributed by atoms with Crippen LogP contribution in [0.2, 0.25) is 0 Å². The Balaban J connectivity index is 0. The average molecular weight is 361 g/mol. The molecule has 0 aromatic heterocycles. The van der Waals surface area contributed by atoms with E-state index in [1.807, 2.05) is 0 Å². The van der Waals surface area contributed by atoms with Gasteiger partial charge in [0.15, 0.2) is 0 Å². The maximum absolute atomic E-state index is 0. The largest absolute Gasteiger partial charge is 6.00 e. The maximum atomic E-state index is 0. The van der Waals surface area contributed by atoms with Gasteiger partial charge in [-0.2, -0.15) is 0 Å². The van der Waals surface area contributed by atoms with Gasteiger partial charge in [0, 0.05) is 0 Å². The summed E-state index contributed by atoms with van der Waals surface area (Å²) in [7, 11) is 0. The molecule has 6 nitrogen and oxygen atoms in total. The zero-order valence-corrected chi connectivity index (χ0v) is 8.81. The summed E-state index contributed by atoms with van der Waals surface area (Å²) in [5, 5.41) is 0. The average Bonchev–Trinajstić information content (AvgIpc) is 0. The van der Waals surface area contributed by atoms with Gasteiger partial charge in [0.2, 0.25) is 0 Å². The van der Waals surface area contributed by atoms with Crippen LogP contribution in [0.1, 0.15) is 0 Å². The molecule has 0 bridgehead atoms. The minimum atomic E-state index is 0. The molecular formula is H12Cl2N4O2Os. The Labute approximate surface area is 80.4 Å². The molecule has 0 saturated carbocycles. The Hall–Kier alpha value is 0.976. The monoisotopic (exact) mass is 362 g/mol. The van der Waals surface area contributed by atoms with Crippen LogP contribution in [0.15, 0.2) is 0 Å². The molecule has 0 radical (unpaired) electrons. The molecule has 0 amide bonds. The van der Waals surface area contributed by atoms with Crippen molar-refractivity contribution < 1.29 is 55.6 Å². The summed E-state index contributed by atoms with van der Waals surface area (Å²) in [6.07, 6.45) is 0. The number of hydrogen-bond acceptors (Lipinski definition) is 4. The van der Waals surface area contributed by atoms with Crippen LogP contribution >= 0.6 is 0 Å². The van der Waals surface area contributed by atoms with Crippen molar-refractivity contribution >= 4 is 0 Å². The molecule has 12 N–H and O–H groups in total. The Bertz CT molecular complexity index is 16.5. The third kappa shape index (κ3) is 458. The smallest absolute Gasteiger partial charge is 2.00 e. The van der Waals surface area contributed by atoms with Crippen LogP contribution in [0.5, 0.6) is 0 Å². The second-order valence-corrected chi connectivity index (χ2v) is 0. The van der Waals surface area contributed by atoms with Gasteiger partial charge < -0.3 is 60.4 Å². The molecule has 0 atom stereocenters. The topological polar surface area (TPSA) is 197 Å². The molecule has 0 unspecified atom stereocenters. The molecule has 0 rings (SSSR count). The van der Waals surface area contributed by atoms with Gasteiger partial charge in [-0.3, -0.25) is 0 Å². The minimum Gasteiger partial charge on any atom is -2.00 e. The predicted octanol–water partition coefficient (Wildman–Crippen LogP) is -5.58. The van der Waals surface area contributed by atoms with E-state index in [9.17, 15) is 0 Å². The zero-order chi connectivity index (χ0) is 0. The van der Waals surface area contributed by atoms with Gasteiger partial charge in [0.25, 0.3) is 0 Å². The van der Waals surface area contributed by atoms with Crippen molar-refractivity contribution in [2.24, 2.45) is 0 Å². The van der Waals surface area contributed by atoms with Crippen molar-refractivity contribution in [3.8, 4) is 0 Å². The minimum absolute atomic E-state index is 0. The molecule has 0 saturated heterocycles. The van der Waals surface area contributed by atoms with Gasteiger partial charge in [-0.25, -0.2) is 0 Å². The SMILES string of the molecule is N.N.N.N.[Cl-].[Cl-].[O-2].[O-2].[Os+6]. The normalized spacial score (nSPS) is 0. The van der Waals surface area contributed by atoms with E-state index in [1.165, 1.54) is 0 Å². The second kappa shape index (κ2) is 599. The van der Waals surface area contributed by atoms with Gasteiger partial charge in [-0.1, -0.05) is 0 Å². The van der Waals surface area contributed by atoms with Crippen molar-refractivity contribution in [1.29, 1.82) is 0 Å². The number of hydrogen-bond donors (Lipinski definition) is 4. The fraction of sp³-hybridized carbons (Fsp3) is 0. The van der Waals surface area contributed by atoms with Crippen LogP contribution in [0.25, 0.3) is 0 Å². The molecule has 0 aliphatic heterocycles. The fourth-order valence-electron chi connectivity index (χ4n) is 0. The van der Waals surface area contributed by atoms with Gasteiger partial charge in [0.1, 0.15) is 0 Å². The van der Waals surface area contributed by atoms with Gasteiger partial charge in [-0.05, 0) is 0 Å². The van der Waals surface area contributed by atoms with Crippen molar-refractivity contribution in [2.75, 3.05) is 0 Å². The molecule has 66 valence electrons. The predicted molar refractivity (Wildman–Crippen MR) is 21.5 cm³/mol.